The van der Waals surface area contributed by atoms with Gasteiger partial charge in [0.25, 0.3) is 0 Å². The Labute approximate surface area is 135 Å². The molecule has 2 heterocycles. The van der Waals surface area contributed by atoms with Gasteiger partial charge >= 0.3 is 0 Å². The van der Waals surface area contributed by atoms with E-state index < -0.39 is 0 Å². The maximum absolute atomic E-state index is 5.32. The number of furan rings is 1. The summed E-state index contributed by atoms with van der Waals surface area (Å²) in [6.45, 7) is 0. The van der Waals surface area contributed by atoms with Crippen LogP contribution in [0.2, 0.25) is 0 Å². The van der Waals surface area contributed by atoms with Gasteiger partial charge in [-0.1, -0.05) is 0 Å². The Balaban J connectivity index is 2.03. The molecule has 6 heteroatoms. The van der Waals surface area contributed by atoms with Crippen molar-refractivity contribution in [3.63, 3.8) is 0 Å². The van der Waals surface area contributed by atoms with Crippen molar-refractivity contribution in [3.05, 3.63) is 43.7 Å². The van der Waals surface area contributed by atoms with Crippen LogP contribution < -0.4 is 0 Å². The highest BCUT2D eigenvalue weighted by atomic mass is 127. The first-order valence-electron chi connectivity index (χ1n) is 5.07. The molecule has 0 aliphatic rings. The van der Waals surface area contributed by atoms with E-state index >= 15 is 0 Å². The minimum atomic E-state index is 0.757. The van der Waals surface area contributed by atoms with Crippen LogP contribution in [-0.4, -0.2) is 9.36 Å². The molecule has 3 aromatic rings. The van der Waals surface area contributed by atoms with Crippen molar-refractivity contribution in [2.75, 3.05) is 0 Å². The van der Waals surface area contributed by atoms with Crippen LogP contribution in [0.1, 0.15) is 0 Å². The predicted octanol–water partition coefficient (Wildman–Crippen LogP) is 4.67. The molecule has 2 aromatic heterocycles. The lowest BCUT2D eigenvalue weighted by atomic mass is 10.2. The zero-order valence-corrected chi connectivity index (χ0v) is 14.1. The Hall–Kier alpha value is -0.480. The summed E-state index contributed by atoms with van der Waals surface area (Å²) in [5, 5.41) is 0.810. The van der Waals surface area contributed by atoms with E-state index in [2.05, 4.69) is 72.7 Å². The zero-order chi connectivity index (χ0) is 12.5. The number of hydrogen-bond donors (Lipinski definition) is 0. The minimum absolute atomic E-state index is 0.757. The van der Waals surface area contributed by atoms with Gasteiger partial charge in [-0.15, -0.1) is 0 Å². The van der Waals surface area contributed by atoms with Crippen LogP contribution in [0.3, 0.4) is 0 Å². The fourth-order valence-electron chi connectivity index (χ4n) is 1.50. The number of halogens is 2. The number of hydrogen-bond acceptors (Lipinski definition) is 4. The normalized spacial score (nSPS) is 10.8. The molecule has 0 N–H and O–H groups in total. The van der Waals surface area contributed by atoms with Crippen LogP contribution in [0.15, 0.2) is 41.0 Å². The predicted molar refractivity (Wildman–Crippen MR) is 88.5 cm³/mol. The van der Waals surface area contributed by atoms with Crippen LogP contribution in [0, 0.1) is 7.14 Å². The van der Waals surface area contributed by atoms with Gasteiger partial charge in [-0.25, -0.2) is 4.98 Å². The molecule has 0 saturated heterocycles. The van der Waals surface area contributed by atoms with Gasteiger partial charge in [0.05, 0.1) is 6.26 Å². The third-order valence-corrected chi connectivity index (χ3v) is 4.62. The lowest BCUT2D eigenvalue weighted by molar-refractivity contribution is 0.582. The number of aromatic nitrogens is 2. The standard InChI is InChI=1S/C12H6I2N2OS/c13-7-3-4-8(9(14)6-7)11-15-12(18-16-11)10-2-1-5-17-10/h1-6H. The summed E-state index contributed by atoms with van der Waals surface area (Å²) in [6, 6.07) is 9.97. The monoisotopic (exact) mass is 480 g/mol. The molecule has 0 radical (unpaired) electrons. The van der Waals surface area contributed by atoms with Crippen LogP contribution in [0.4, 0.5) is 0 Å². The van der Waals surface area contributed by atoms with E-state index in [1.807, 2.05) is 12.1 Å². The molecule has 0 fully saturated rings. The smallest absolute Gasteiger partial charge is 0.179 e. The highest BCUT2D eigenvalue weighted by Gasteiger charge is 2.12. The molecular weight excluding hydrogens is 474 g/mol. The molecule has 0 amide bonds. The first-order chi connectivity index (χ1) is 8.74. The van der Waals surface area contributed by atoms with Crippen LogP contribution in [-0.2, 0) is 0 Å². The second-order valence-corrected chi connectivity index (χ2v) is 6.68. The molecule has 0 aliphatic carbocycles. The lowest BCUT2D eigenvalue weighted by Gasteiger charge is -1.99. The Morgan fingerprint density at radius 2 is 2.06 bits per heavy atom. The molecule has 0 bridgehead atoms. The van der Waals surface area contributed by atoms with E-state index in [0.717, 1.165) is 25.7 Å². The molecule has 0 aliphatic heterocycles. The maximum atomic E-state index is 5.32. The lowest BCUT2D eigenvalue weighted by Crippen LogP contribution is -1.86. The molecule has 0 saturated carbocycles. The molecule has 0 unspecified atom stereocenters. The summed E-state index contributed by atoms with van der Waals surface area (Å²) in [5.74, 6) is 1.52. The summed E-state index contributed by atoms with van der Waals surface area (Å²) >= 11 is 5.96. The van der Waals surface area contributed by atoms with Crippen molar-refractivity contribution in [2.45, 2.75) is 0 Å². The number of benzene rings is 1. The third-order valence-electron chi connectivity index (χ3n) is 2.33. The van der Waals surface area contributed by atoms with Gasteiger partial charge in [0.1, 0.15) is 0 Å². The largest absolute Gasteiger partial charge is 0.462 e. The van der Waals surface area contributed by atoms with Crippen LogP contribution in [0.5, 0.6) is 0 Å². The zero-order valence-electron chi connectivity index (χ0n) is 8.93. The van der Waals surface area contributed by atoms with E-state index in [1.165, 1.54) is 15.1 Å². The van der Waals surface area contributed by atoms with E-state index in [1.54, 1.807) is 6.26 Å². The summed E-state index contributed by atoms with van der Waals surface area (Å²) in [5.41, 5.74) is 1.06. The molecule has 3 nitrogen and oxygen atoms in total. The van der Waals surface area contributed by atoms with Gasteiger partial charge in [0.15, 0.2) is 16.6 Å². The van der Waals surface area contributed by atoms with Gasteiger partial charge in [0, 0.05) is 12.7 Å². The van der Waals surface area contributed by atoms with Crippen LogP contribution >= 0.6 is 56.7 Å². The van der Waals surface area contributed by atoms with Gasteiger partial charge < -0.3 is 4.42 Å². The van der Waals surface area contributed by atoms with Crippen molar-refractivity contribution in [1.82, 2.24) is 9.36 Å². The minimum Gasteiger partial charge on any atom is -0.462 e. The molecule has 3 rings (SSSR count). The second-order valence-electron chi connectivity index (χ2n) is 3.52. The molecule has 90 valence electrons. The quantitative estimate of drug-likeness (QED) is 0.501. The second kappa shape index (κ2) is 5.25. The Morgan fingerprint density at radius 1 is 1.17 bits per heavy atom. The number of rotatable bonds is 2. The highest BCUT2D eigenvalue weighted by Crippen LogP contribution is 2.29. The SMILES string of the molecule is Ic1ccc(-c2nsc(-c3ccco3)n2)c(I)c1. The maximum Gasteiger partial charge on any atom is 0.179 e. The summed E-state index contributed by atoms with van der Waals surface area (Å²) in [7, 11) is 0. The van der Waals surface area contributed by atoms with E-state index in [4.69, 9.17) is 4.42 Å². The summed E-state index contributed by atoms with van der Waals surface area (Å²) < 4.78 is 12.1. The number of nitrogens with zero attached hydrogens (tertiary/aromatic N) is 2. The molecular formula is C12H6I2N2OS. The Morgan fingerprint density at radius 3 is 2.78 bits per heavy atom. The Kier molecular flexibility index (Phi) is 3.66. The van der Waals surface area contributed by atoms with Gasteiger partial charge in [-0.3, -0.25) is 0 Å². The van der Waals surface area contributed by atoms with Crippen molar-refractivity contribution in [3.8, 4) is 22.2 Å². The Bertz CT molecular complexity index is 679. The van der Waals surface area contributed by atoms with Crippen LogP contribution in [0.25, 0.3) is 22.2 Å². The van der Waals surface area contributed by atoms with Gasteiger partial charge in [0.2, 0.25) is 0 Å². The fourth-order valence-corrected chi connectivity index (χ4v) is 3.99. The van der Waals surface area contributed by atoms with Crippen molar-refractivity contribution < 1.29 is 4.42 Å². The van der Waals surface area contributed by atoms with Crippen molar-refractivity contribution in [2.24, 2.45) is 0 Å². The van der Waals surface area contributed by atoms with E-state index in [0.29, 0.717) is 0 Å². The highest BCUT2D eigenvalue weighted by molar-refractivity contribution is 14.1. The average Bonchev–Trinajstić information content (AvgIpc) is 2.99. The molecule has 1 aromatic carbocycles. The fraction of sp³-hybridized carbons (Fsp3) is 0. The van der Waals surface area contributed by atoms with Crippen molar-refractivity contribution >= 4 is 56.7 Å². The van der Waals surface area contributed by atoms with E-state index in [-0.39, 0.29) is 0 Å². The van der Waals surface area contributed by atoms with Gasteiger partial charge in [-0.2, -0.15) is 4.37 Å². The summed E-state index contributed by atoms with van der Waals surface area (Å²) in [4.78, 5) is 4.52. The summed E-state index contributed by atoms with van der Waals surface area (Å²) in [6.07, 6.45) is 1.64. The molecule has 18 heavy (non-hydrogen) atoms. The average molecular weight is 480 g/mol. The topological polar surface area (TPSA) is 38.9 Å². The third kappa shape index (κ3) is 2.45. The van der Waals surface area contributed by atoms with Gasteiger partial charge in [-0.05, 0) is 87.0 Å². The van der Waals surface area contributed by atoms with E-state index in [9.17, 15) is 0 Å². The first kappa shape index (κ1) is 12.5. The molecule has 0 spiro atoms. The molecule has 0 atom stereocenters. The van der Waals surface area contributed by atoms with Crippen molar-refractivity contribution in [1.29, 1.82) is 0 Å². The first-order valence-corrected chi connectivity index (χ1v) is 8.00.